The van der Waals surface area contributed by atoms with Crippen molar-refractivity contribution in [2.24, 2.45) is 76.8 Å². The summed E-state index contributed by atoms with van der Waals surface area (Å²) < 4.78 is 0. The Kier molecular flexibility index (Phi) is 49.7. The monoisotopic (exact) mass is 1380 g/mol. The molecule has 0 aromatic heterocycles. The summed E-state index contributed by atoms with van der Waals surface area (Å²) in [4.78, 5) is 155. The van der Waals surface area contributed by atoms with Crippen molar-refractivity contribution < 1.29 is 82.7 Å². The van der Waals surface area contributed by atoms with E-state index in [1.165, 1.54) is 18.2 Å². The Labute approximate surface area is 575 Å². The molecule has 5 atom stereocenters. The van der Waals surface area contributed by atoms with Gasteiger partial charge in [-0.25, -0.2) is 27.2 Å². The molecule has 0 bridgehead atoms. The minimum absolute atomic E-state index is 0. The van der Waals surface area contributed by atoms with Crippen LogP contribution >= 0.6 is 0 Å². The summed E-state index contributed by atoms with van der Waals surface area (Å²) in [5.41, 5.74) is 6.98. The van der Waals surface area contributed by atoms with Crippen LogP contribution in [0, 0.1) is 59.2 Å². The number of carbonyl (C=O) groups excluding carboxylic acids is 10. The highest BCUT2D eigenvalue weighted by molar-refractivity contribution is 6.20. The SMILES string of the molecule is CC(C)CNC(=O)[C@@H](CC(C)C)ON.CC(C)CNC(=O)[C@@H](CC(C)C)ON1C(=O)c2ccccc2C1=O.CC(C)CNC(=O)[C@@H](CC(C)C)ONC(=O)c1cc(C(=O)NO[C@H](CC(C)C)C(=O)NCC(C)C)cc(C(=O)NO[C@H](CC(C)C)C(=O)NCC(C)C)c1.CO.NN.O. The molecule has 0 fully saturated rings. The third-order valence-corrected chi connectivity index (χ3v) is 13.1. The van der Waals surface area contributed by atoms with Crippen LogP contribution in [0.1, 0.15) is 222 Å². The number of nitrogens with two attached hydrogens (primary N) is 3. The molecule has 2 aromatic carbocycles. The van der Waals surface area contributed by atoms with Crippen LogP contribution in [-0.4, -0.2) is 145 Å². The van der Waals surface area contributed by atoms with Crippen molar-refractivity contribution >= 4 is 59.1 Å². The van der Waals surface area contributed by atoms with Gasteiger partial charge >= 0.3 is 0 Å². The second kappa shape index (κ2) is 51.2. The summed E-state index contributed by atoms with van der Waals surface area (Å²) in [6.07, 6.45) is -2.45. The number of hydrazine groups is 1. The average molecular weight is 1380 g/mol. The Bertz CT molecular complexity index is 2460. The molecule has 0 radical (unpaired) electrons. The van der Waals surface area contributed by atoms with Crippen LogP contribution in [0.5, 0.6) is 0 Å². The molecule has 0 unspecified atom stereocenters. The van der Waals surface area contributed by atoms with Gasteiger partial charge in [0.05, 0.1) is 11.1 Å². The van der Waals surface area contributed by atoms with E-state index in [2.05, 4.69) is 59.5 Å². The van der Waals surface area contributed by atoms with Crippen molar-refractivity contribution in [1.29, 1.82) is 0 Å². The van der Waals surface area contributed by atoms with Crippen molar-refractivity contribution in [3.05, 3.63) is 70.3 Å². The van der Waals surface area contributed by atoms with Crippen LogP contribution in [-0.2, 0) is 48.2 Å². The maximum Gasteiger partial charge on any atom is 0.285 e. The van der Waals surface area contributed by atoms with E-state index in [-0.39, 0.29) is 75.4 Å². The van der Waals surface area contributed by atoms with Crippen LogP contribution in [0.25, 0.3) is 0 Å². The van der Waals surface area contributed by atoms with E-state index in [0.717, 1.165) is 7.11 Å². The van der Waals surface area contributed by atoms with E-state index in [4.69, 9.17) is 30.4 Å². The molecule has 10 amide bonds. The van der Waals surface area contributed by atoms with E-state index in [1.54, 1.807) is 24.3 Å². The number of amides is 10. The summed E-state index contributed by atoms with van der Waals surface area (Å²) in [5, 5.41) is 21.7. The van der Waals surface area contributed by atoms with Crippen molar-refractivity contribution in [3.63, 3.8) is 0 Å². The van der Waals surface area contributed by atoms with E-state index < -0.39 is 77.8 Å². The van der Waals surface area contributed by atoms with Gasteiger partial charge in [0.2, 0.25) is 0 Å². The molecule has 1 aliphatic heterocycles. The van der Waals surface area contributed by atoms with Gasteiger partial charge in [-0.15, -0.1) is 5.06 Å². The number of aliphatic hydroxyl groups is 1. The molecule has 97 heavy (non-hydrogen) atoms. The minimum atomic E-state index is -1.01. The van der Waals surface area contributed by atoms with Crippen LogP contribution in [0.2, 0.25) is 0 Å². The zero-order chi connectivity index (χ0) is 74.1. The molecule has 29 heteroatoms. The third kappa shape index (κ3) is 39.8. The van der Waals surface area contributed by atoms with Gasteiger partial charge in [-0.3, -0.25) is 79.0 Å². The van der Waals surface area contributed by atoms with Crippen LogP contribution < -0.4 is 60.6 Å². The molecule has 0 saturated heterocycles. The second-order valence-electron chi connectivity index (χ2n) is 27.4. The number of fused-ring (bicyclic) bond motifs is 1. The van der Waals surface area contributed by atoms with Gasteiger partial charge in [0, 0.05) is 56.5 Å². The molecule has 17 N–H and O–H groups in total. The number of carbonyl (C=O) groups is 10. The van der Waals surface area contributed by atoms with Gasteiger partial charge < -0.3 is 37.2 Å². The molecule has 3 rings (SSSR count). The normalized spacial score (nSPS) is 13.2. The number of imide groups is 1. The summed E-state index contributed by atoms with van der Waals surface area (Å²) in [5.74, 6) is 9.91. The fourth-order valence-corrected chi connectivity index (χ4v) is 8.24. The third-order valence-electron chi connectivity index (χ3n) is 13.1. The highest BCUT2D eigenvalue weighted by atomic mass is 16.7. The molecule has 0 spiro atoms. The molecule has 556 valence electrons. The zero-order valence-corrected chi connectivity index (χ0v) is 61.5. The quantitative estimate of drug-likeness (QED) is 0.0232. The molecule has 0 aliphatic carbocycles. The average Bonchev–Trinajstić information content (AvgIpc) is 1.66. The standard InChI is InChI=1S/C39H66N6O9.C18H24N2O4.C10H22N2O2.CH4O.H4N2.H2O/c1-22(2)13-31(37(49)40-19-25(7)8)52-43-34(46)28-16-29(35(47)44-53-32(14-23(3)4)38(50)41-20-26(9)10)18-30(17-28)36(48)45-54-33(15-24(5)6)39(51)42-21-27(11)12;1-11(2)9-15(16(21)19-10-12(3)4)24-20-17(22)13-7-5-6-8-14(13)18(20)23;1-7(2)5-9(14-11)10(13)12-6-8(3)4;2*1-2;/h16-18,22-27,31-33H,13-15,19-21H2,1-12H3,(H,40,49)(H,41,50)(H,42,51)(H,43,46)(H,44,47)(H,45,48);5-8,11-12,15H,9-10H2,1-4H3,(H,19,21);7-9H,5-6,11H2,1-4H3,(H,12,13);2H,1H3;1-2H2;1H2/t31-,32-,33-;15-;9-;;;/m111.../s1. The summed E-state index contributed by atoms with van der Waals surface area (Å²) in [7, 11) is 1.00. The molecule has 1 aliphatic rings. The molecular weight excluding hydrogens is 1260 g/mol. The number of nitrogens with zero attached hydrogens (tertiary/aromatic N) is 1. The topological polar surface area (TPSA) is 446 Å². The Morgan fingerprint density at radius 2 is 0.598 bits per heavy atom. The predicted molar refractivity (Wildman–Crippen MR) is 371 cm³/mol. The van der Waals surface area contributed by atoms with E-state index in [0.29, 0.717) is 98.8 Å². The van der Waals surface area contributed by atoms with Crippen molar-refractivity contribution in [3.8, 4) is 0 Å². The molecule has 0 saturated carbocycles. The van der Waals surface area contributed by atoms with Crippen LogP contribution in [0.15, 0.2) is 42.5 Å². The van der Waals surface area contributed by atoms with Gasteiger partial charge in [-0.1, -0.05) is 151 Å². The lowest BCUT2D eigenvalue weighted by Crippen LogP contribution is -2.44. The van der Waals surface area contributed by atoms with Crippen molar-refractivity contribution in [2.45, 2.75) is 201 Å². The van der Waals surface area contributed by atoms with Gasteiger partial charge in [0.15, 0.2) is 30.5 Å². The van der Waals surface area contributed by atoms with Gasteiger partial charge in [-0.2, -0.15) is 0 Å². The van der Waals surface area contributed by atoms with Crippen LogP contribution in [0.3, 0.4) is 0 Å². The maximum atomic E-state index is 13.5. The van der Waals surface area contributed by atoms with E-state index >= 15 is 0 Å². The number of hydrogen-bond donors (Lipinski definition) is 12. The van der Waals surface area contributed by atoms with E-state index in [9.17, 15) is 47.9 Å². The molecular formula is C68H122N12O17. The first-order chi connectivity index (χ1) is 45.0. The number of rotatable bonds is 37. The van der Waals surface area contributed by atoms with Gasteiger partial charge in [0.25, 0.3) is 59.1 Å². The fourth-order valence-electron chi connectivity index (χ4n) is 8.24. The Hall–Kier alpha value is -7.06. The molecule has 1 heterocycles. The first kappa shape index (κ1) is 94.1. The largest absolute Gasteiger partial charge is 0.412 e. The predicted octanol–water partition coefficient (Wildman–Crippen LogP) is 5.30. The maximum absolute atomic E-state index is 13.5. The van der Waals surface area contributed by atoms with Gasteiger partial charge in [0.1, 0.15) is 0 Å². The van der Waals surface area contributed by atoms with Crippen molar-refractivity contribution in [2.75, 3.05) is 39.8 Å². The lowest BCUT2D eigenvalue weighted by Gasteiger charge is -2.23. The number of hydrogen-bond acceptors (Lipinski definition) is 19. The fraction of sp³-hybridized carbons (Fsp3) is 0.676. The highest BCUT2D eigenvalue weighted by Gasteiger charge is 2.40. The van der Waals surface area contributed by atoms with E-state index in [1.807, 2.05) is 138 Å². The lowest BCUT2D eigenvalue weighted by atomic mass is 10.0. The number of nitrogens with one attached hydrogen (secondary N) is 8. The highest BCUT2D eigenvalue weighted by Crippen LogP contribution is 2.25. The van der Waals surface area contributed by atoms with Crippen LogP contribution in [0.4, 0.5) is 0 Å². The second-order valence-corrected chi connectivity index (χ2v) is 27.4. The zero-order valence-electron chi connectivity index (χ0n) is 61.5. The smallest absolute Gasteiger partial charge is 0.285 e. The number of aliphatic hydroxyl groups excluding tert-OH is 1. The number of benzene rings is 2. The first-order valence-electron chi connectivity index (χ1n) is 33.2. The Morgan fingerprint density at radius 3 is 0.825 bits per heavy atom. The van der Waals surface area contributed by atoms with Crippen molar-refractivity contribution in [1.82, 2.24) is 48.1 Å². The Morgan fingerprint density at radius 1 is 0.381 bits per heavy atom. The lowest BCUT2D eigenvalue weighted by molar-refractivity contribution is -0.162. The Balaban J connectivity index is -0.00000167. The summed E-state index contributed by atoms with van der Waals surface area (Å²) >= 11 is 0. The minimum Gasteiger partial charge on any atom is -0.412 e. The van der Waals surface area contributed by atoms with Gasteiger partial charge in [-0.05, 0) is 122 Å². The molecule has 29 nitrogen and oxygen atoms in total. The summed E-state index contributed by atoms with van der Waals surface area (Å²) in [6, 6.07) is 10.2. The first-order valence-corrected chi connectivity index (χ1v) is 33.2. The summed E-state index contributed by atoms with van der Waals surface area (Å²) in [6.45, 7) is 41.6. The number of hydroxylamine groups is 5. The molecule has 2 aromatic rings.